The Morgan fingerprint density at radius 3 is 1.15 bits per heavy atom. The SMILES string of the molecule is CCOC(=O)C[C@H](NC(=O)C(CC(C)C)n1cc(CCN2CC3(CCC3)C2)c(C(F)(F)F)cc1=O)c1cc(-c2c(C)cccc2C)cc(C(F)(F)F)c1F.Cc1cccc(C)c1-c1cc([C@H](CC(=O)O)NC(=O)C(CC(C)C)n2cc(CCN3CC4(CCC4)C3)c(C(F)(F)F)cc2=O)c(F)c(C(F)(F)F)c1. The summed E-state index contributed by atoms with van der Waals surface area (Å²) in [5.41, 5.74) is -6.11. The molecule has 2 saturated carbocycles. The summed E-state index contributed by atoms with van der Waals surface area (Å²) >= 11 is 0. The average Bonchev–Trinajstić information content (AvgIpc) is 0.780. The Balaban J connectivity index is 0.000000245. The number of likely N-dealkylation sites (tertiary alicyclic amines) is 2. The number of nitrogens with zero attached hydrogens (tertiary/aromatic N) is 4. The summed E-state index contributed by atoms with van der Waals surface area (Å²) in [6.07, 6.45) is -13.6. The molecule has 576 valence electrons. The van der Waals surface area contributed by atoms with E-state index in [0.717, 1.165) is 98.4 Å². The molecule has 0 radical (unpaired) electrons. The third-order valence-corrected chi connectivity index (χ3v) is 20.9. The van der Waals surface area contributed by atoms with E-state index in [9.17, 15) is 86.6 Å². The molecule has 4 atom stereocenters. The minimum absolute atomic E-state index is 0.00908. The molecule has 28 heteroatoms. The van der Waals surface area contributed by atoms with Gasteiger partial charge in [0.25, 0.3) is 11.1 Å². The molecule has 2 saturated heterocycles. The van der Waals surface area contributed by atoms with Gasteiger partial charge < -0.3 is 39.4 Å². The molecule has 2 unspecified atom stereocenters. The van der Waals surface area contributed by atoms with Gasteiger partial charge in [0.2, 0.25) is 11.8 Å². The summed E-state index contributed by atoms with van der Waals surface area (Å²) in [4.78, 5) is 84.0. The van der Waals surface area contributed by atoms with Crippen molar-refractivity contribution in [2.75, 3.05) is 45.9 Å². The smallest absolute Gasteiger partial charge is 0.419 e. The standard InChI is InChI=1S/C40H46F7N3O4.C38H42F7N3O4/c1-6-54-34(52)19-31(28-16-27(17-30(36(28)41)40(45,46)47)35-24(4)9-7-10-25(35)5)48-37(53)32(15-23(2)3)50-20-26(29(18-33(50)51)39(42,43)44)11-14-49-21-38(22-49)12-8-13-38;1-21(2)13-30(48-18-24(27(16-31(48)49)37(40,41)42)9-12-47-19-36(20-47)10-6-11-36)35(52)46-29(17-32(50)51)26-14-25(15-28(34(26)39)38(43,44)45)33-22(3)7-5-8-23(33)4/h7,9-10,16-18,20,23,31-32H,6,8,11-15,19,21-22H2,1-5H3,(H,48,53);5,7-8,14-16,18,21,29-30H,6,9-13,17,19-20H2,1-4H3,(H,46,52)(H,50,51)/t31-,32?;29-,30?/m00/s1. The number of carboxylic acids is 1. The number of amides is 2. The van der Waals surface area contributed by atoms with Crippen molar-refractivity contribution in [3.63, 3.8) is 0 Å². The largest absolute Gasteiger partial charge is 0.481 e. The summed E-state index contributed by atoms with van der Waals surface area (Å²) in [5.74, 6) is -8.69. The van der Waals surface area contributed by atoms with E-state index in [-0.39, 0.29) is 77.2 Å². The fourth-order valence-electron chi connectivity index (χ4n) is 15.5. The number of benzene rings is 4. The number of ether oxygens (including phenoxy) is 1. The molecule has 10 rings (SSSR count). The van der Waals surface area contributed by atoms with Gasteiger partial charge in [0.1, 0.15) is 23.7 Å². The first-order chi connectivity index (χ1) is 49.4. The summed E-state index contributed by atoms with van der Waals surface area (Å²) in [6.45, 7) is 18.6. The maximum Gasteiger partial charge on any atom is 0.419 e. The van der Waals surface area contributed by atoms with Crippen LogP contribution in [-0.4, -0.2) is 93.7 Å². The lowest BCUT2D eigenvalue weighted by Crippen LogP contribution is -2.59. The molecule has 4 heterocycles. The van der Waals surface area contributed by atoms with Gasteiger partial charge in [-0.1, -0.05) is 76.9 Å². The Labute approximate surface area is 604 Å². The number of pyridine rings is 2. The van der Waals surface area contributed by atoms with E-state index in [2.05, 4.69) is 15.5 Å². The van der Waals surface area contributed by atoms with Crippen LogP contribution in [0.5, 0.6) is 0 Å². The minimum atomic E-state index is -5.19. The number of esters is 1. The molecule has 3 N–H and O–H groups in total. The molecule has 0 bridgehead atoms. The maximum absolute atomic E-state index is 16.1. The van der Waals surface area contributed by atoms with E-state index < -0.39 is 142 Å². The molecule has 2 aromatic heterocycles. The van der Waals surface area contributed by atoms with Gasteiger partial charge in [-0.3, -0.25) is 28.8 Å². The number of hydrogen-bond donors (Lipinski definition) is 3. The van der Waals surface area contributed by atoms with Crippen molar-refractivity contribution in [3.8, 4) is 22.3 Å². The van der Waals surface area contributed by atoms with Crippen LogP contribution in [0.1, 0.15) is 190 Å². The second kappa shape index (κ2) is 32.2. The minimum Gasteiger partial charge on any atom is -0.481 e. The van der Waals surface area contributed by atoms with Crippen LogP contribution >= 0.6 is 0 Å². The molecular weight excluding hydrogens is 1410 g/mol. The first-order valence-corrected chi connectivity index (χ1v) is 35.4. The predicted molar refractivity (Wildman–Crippen MR) is 369 cm³/mol. The maximum atomic E-state index is 16.1. The van der Waals surface area contributed by atoms with E-state index in [1.165, 1.54) is 6.92 Å². The van der Waals surface area contributed by atoms with E-state index in [1.54, 1.807) is 91.8 Å². The summed E-state index contributed by atoms with van der Waals surface area (Å²) in [6, 6.07) is 7.94. The van der Waals surface area contributed by atoms with Gasteiger partial charge >= 0.3 is 36.6 Å². The zero-order valence-electron chi connectivity index (χ0n) is 60.4. The van der Waals surface area contributed by atoms with E-state index in [4.69, 9.17) is 4.74 Å². The number of nitrogens with one attached hydrogen (secondary N) is 2. The summed E-state index contributed by atoms with van der Waals surface area (Å²) in [5, 5.41) is 14.6. The lowest BCUT2D eigenvalue weighted by Gasteiger charge is -2.56. The number of aromatic nitrogens is 2. The normalized spacial score (nSPS) is 17.0. The second-order valence-corrected chi connectivity index (χ2v) is 29.9. The van der Waals surface area contributed by atoms with Gasteiger partial charge in [-0.05, 0) is 189 Å². The van der Waals surface area contributed by atoms with E-state index in [0.29, 0.717) is 70.7 Å². The van der Waals surface area contributed by atoms with E-state index in [1.807, 2.05) is 4.90 Å². The van der Waals surface area contributed by atoms with Crippen LogP contribution in [0.25, 0.3) is 22.3 Å². The highest BCUT2D eigenvalue weighted by Gasteiger charge is 2.49. The van der Waals surface area contributed by atoms with Crippen molar-refractivity contribution in [1.82, 2.24) is 29.6 Å². The Kier molecular flexibility index (Phi) is 24.8. The van der Waals surface area contributed by atoms with Crippen LogP contribution in [0.15, 0.2) is 94.8 Å². The van der Waals surface area contributed by atoms with Gasteiger partial charge in [-0.2, -0.15) is 52.7 Å². The summed E-state index contributed by atoms with van der Waals surface area (Å²) < 4.78 is 210. The highest BCUT2D eigenvalue weighted by atomic mass is 19.4. The zero-order chi connectivity index (χ0) is 78.1. The molecule has 106 heavy (non-hydrogen) atoms. The fraction of sp³-hybridized carbons (Fsp3) is 0.513. The number of halogens is 14. The van der Waals surface area contributed by atoms with Crippen LogP contribution in [-0.2, 0) is 61.5 Å². The van der Waals surface area contributed by atoms with Gasteiger partial charge in [-0.15, -0.1) is 0 Å². The Morgan fingerprint density at radius 1 is 0.519 bits per heavy atom. The van der Waals surface area contributed by atoms with Gasteiger partial charge in [0.15, 0.2) is 0 Å². The molecule has 14 nitrogen and oxygen atoms in total. The van der Waals surface area contributed by atoms with Crippen molar-refractivity contribution in [2.24, 2.45) is 22.7 Å². The number of rotatable bonds is 25. The van der Waals surface area contributed by atoms with Crippen LogP contribution in [0.4, 0.5) is 61.5 Å². The quantitative estimate of drug-likeness (QED) is 0.0370. The number of aliphatic carboxylic acids is 1. The van der Waals surface area contributed by atoms with Gasteiger partial charge in [-0.25, -0.2) is 8.78 Å². The van der Waals surface area contributed by atoms with Crippen LogP contribution < -0.4 is 21.8 Å². The Morgan fingerprint density at radius 2 is 0.858 bits per heavy atom. The number of carbonyl (C=O) groups excluding carboxylic acids is 3. The molecule has 4 fully saturated rings. The van der Waals surface area contributed by atoms with Crippen molar-refractivity contribution in [2.45, 2.75) is 188 Å². The number of carbonyl (C=O) groups is 4. The number of aryl methyl sites for hydroxylation is 4. The lowest BCUT2D eigenvalue weighted by molar-refractivity contribution is -0.144. The number of hydrogen-bond acceptors (Lipinski definition) is 9. The predicted octanol–water partition coefficient (Wildman–Crippen LogP) is 17.0. The highest BCUT2D eigenvalue weighted by molar-refractivity contribution is 5.83. The topological polar surface area (TPSA) is 172 Å². The lowest BCUT2D eigenvalue weighted by atomic mass is 9.63. The van der Waals surface area contributed by atoms with Crippen LogP contribution in [0.2, 0.25) is 0 Å². The van der Waals surface area contributed by atoms with Crippen molar-refractivity contribution < 1.29 is 90.5 Å². The molecule has 2 amide bonds. The van der Waals surface area contributed by atoms with Crippen molar-refractivity contribution in [3.05, 3.63) is 184 Å². The van der Waals surface area contributed by atoms with Crippen LogP contribution in [0, 0.1) is 62.0 Å². The first kappa shape index (κ1) is 81.7. The van der Waals surface area contributed by atoms with Gasteiger partial charge in [0, 0.05) is 74.9 Å². The van der Waals surface area contributed by atoms with Crippen molar-refractivity contribution in [1.29, 1.82) is 0 Å². The Bertz CT molecular complexity index is 4320. The number of carboxylic acid groups (broad SMARTS) is 1. The zero-order valence-corrected chi connectivity index (χ0v) is 60.4. The first-order valence-electron chi connectivity index (χ1n) is 35.4. The highest BCUT2D eigenvalue weighted by Crippen LogP contribution is 2.50. The average molecular weight is 1500 g/mol. The van der Waals surface area contributed by atoms with Crippen molar-refractivity contribution >= 4 is 23.8 Å². The number of alkyl halides is 12. The molecule has 6 aromatic rings. The molecule has 2 aliphatic carbocycles. The Hall–Kier alpha value is -8.40. The molecule has 4 aliphatic rings. The van der Waals surface area contributed by atoms with Crippen LogP contribution in [0.3, 0.4) is 0 Å². The third-order valence-electron chi connectivity index (χ3n) is 20.9. The molecule has 2 aliphatic heterocycles. The molecular formula is C78H88F14N6O8. The third kappa shape index (κ3) is 18.9. The molecule has 2 spiro atoms. The fourth-order valence-corrected chi connectivity index (χ4v) is 15.5. The summed E-state index contributed by atoms with van der Waals surface area (Å²) in [7, 11) is 0. The van der Waals surface area contributed by atoms with E-state index >= 15 is 8.78 Å². The molecule has 4 aromatic carbocycles. The van der Waals surface area contributed by atoms with Gasteiger partial charge in [0.05, 0.1) is 53.8 Å². The monoisotopic (exact) mass is 1500 g/mol. The second-order valence-electron chi connectivity index (χ2n) is 29.9.